The van der Waals surface area contributed by atoms with Gasteiger partial charge in [-0.1, -0.05) is 25.9 Å². The van der Waals surface area contributed by atoms with Crippen LogP contribution < -0.4 is 0 Å². The van der Waals surface area contributed by atoms with Gasteiger partial charge in [0.1, 0.15) is 18.2 Å². The van der Waals surface area contributed by atoms with E-state index >= 15 is 0 Å². The highest BCUT2D eigenvalue weighted by molar-refractivity contribution is 5.95. The summed E-state index contributed by atoms with van der Waals surface area (Å²) in [4.78, 5) is 34.0. The average molecular weight is 417 g/mol. The quantitative estimate of drug-likeness (QED) is 0.494. The van der Waals surface area contributed by atoms with E-state index in [2.05, 4.69) is 30.8 Å². The van der Waals surface area contributed by atoms with Crippen LogP contribution in [0.5, 0.6) is 0 Å². The number of ketones is 2. The molecule has 1 unspecified atom stereocenters. The zero-order chi connectivity index (χ0) is 21.7. The average Bonchev–Trinajstić information content (AvgIpc) is 3.00. The molecule has 0 heterocycles. The first-order chi connectivity index (χ1) is 14.2. The van der Waals surface area contributed by atoms with Crippen LogP contribution in [0.3, 0.4) is 0 Å². The number of likely N-dealkylation sites (N-methyl/N-ethyl adjacent to an activating group) is 1. The van der Waals surface area contributed by atoms with Crippen LogP contribution >= 0.6 is 0 Å². The predicted molar refractivity (Wildman–Crippen MR) is 118 cm³/mol. The molecule has 0 aromatic heterocycles. The molecule has 0 amide bonds. The molecule has 30 heavy (non-hydrogen) atoms. The first-order valence-corrected chi connectivity index (χ1v) is 12.1. The summed E-state index contributed by atoms with van der Waals surface area (Å²) < 4.78 is 0. The minimum absolute atomic E-state index is 0.0380. The molecule has 0 N–H and O–H groups in total. The van der Waals surface area contributed by atoms with Gasteiger partial charge in [-0.3, -0.25) is 9.59 Å². The first kappa shape index (κ1) is 22.0. The molecule has 4 aliphatic rings. The molecule has 0 radical (unpaired) electrons. The van der Waals surface area contributed by atoms with E-state index in [1.54, 1.807) is 0 Å². The standard InChI is InChI=1S/C25H40N2O3/c1-6-16-20(26-30-14-13-27(4)5)10-12-25(3)19-9-11-24(2)18(7-8-22(24)29)17(19)15-21(28)23(16)25/h16-19,23H,6-15H2,1-5H3/b26-20+/t16-,17-,18-,19-,23?,24-,25+/m0/s1. The van der Waals surface area contributed by atoms with Gasteiger partial charge >= 0.3 is 0 Å². The third kappa shape index (κ3) is 3.36. The number of Topliss-reactive ketones (excluding diaryl/α,β-unsaturated/α-hetero) is 2. The van der Waals surface area contributed by atoms with Gasteiger partial charge in [0.25, 0.3) is 0 Å². The lowest BCUT2D eigenvalue weighted by atomic mass is 9.43. The van der Waals surface area contributed by atoms with E-state index < -0.39 is 0 Å². The van der Waals surface area contributed by atoms with E-state index in [0.29, 0.717) is 42.3 Å². The number of carbonyl (C=O) groups is 2. The van der Waals surface area contributed by atoms with Gasteiger partial charge in [0, 0.05) is 36.6 Å². The zero-order valence-electron chi connectivity index (χ0n) is 19.6. The summed E-state index contributed by atoms with van der Waals surface area (Å²) >= 11 is 0. The van der Waals surface area contributed by atoms with Gasteiger partial charge < -0.3 is 9.74 Å². The van der Waals surface area contributed by atoms with Crippen LogP contribution in [-0.2, 0) is 14.4 Å². The van der Waals surface area contributed by atoms with Crippen LogP contribution in [0.1, 0.15) is 72.1 Å². The number of nitrogens with zero attached hydrogens (tertiary/aromatic N) is 2. The molecule has 4 fully saturated rings. The Kier molecular flexibility index (Phi) is 5.89. The molecule has 0 aromatic rings. The summed E-state index contributed by atoms with van der Waals surface area (Å²) in [5.41, 5.74) is 0.967. The van der Waals surface area contributed by atoms with E-state index in [9.17, 15) is 9.59 Å². The molecule has 4 rings (SSSR count). The van der Waals surface area contributed by atoms with Crippen molar-refractivity contribution in [2.75, 3.05) is 27.2 Å². The van der Waals surface area contributed by atoms with Crippen molar-refractivity contribution in [1.82, 2.24) is 4.90 Å². The second-order valence-electron chi connectivity index (χ2n) is 11.2. The number of carbonyl (C=O) groups excluding carboxylic acids is 2. The van der Waals surface area contributed by atoms with Crippen molar-refractivity contribution in [3.05, 3.63) is 0 Å². The minimum Gasteiger partial charge on any atom is -0.394 e. The molecule has 0 aliphatic heterocycles. The topological polar surface area (TPSA) is 59.0 Å². The van der Waals surface area contributed by atoms with Crippen molar-refractivity contribution in [3.63, 3.8) is 0 Å². The van der Waals surface area contributed by atoms with Crippen LogP contribution in [0, 0.1) is 40.4 Å². The Morgan fingerprint density at radius 1 is 1.10 bits per heavy atom. The van der Waals surface area contributed by atoms with Crippen LogP contribution in [-0.4, -0.2) is 49.4 Å². The summed E-state index contributed by atoms with van der Waals surface area (Å²) in [7, 11) is 4.06. The summed E-state index contributed by atoms with van der Waals surface area (Å²) in [6.45, 7) is 8.20. The lowest BCUT2D eigenvalue weighted by molar-refractivity contribution is -0.156. The lowest BCUT2D eigenvalue weighted by Gasteiger charge is -2.60. The second kappa shape index (κ2) is 8.03. The Balaban J connectivity index is 1.57. The Hall–Kier alpha value is -1.23. The van der Waals surface area contributed by atoms with Gasteiger partial charge in [-0.15, -0.1) is 0 Å². The molecular weight excluding hydrogens is 376 g/mol. The molecule has 0 bridgehead atoms. The summed E-state index contributed by atoms with van der Waals surface area (Å²) in [6, 6.07) is 0. The van der Waals surface area contributed by atoms with Crippen molar-refractivity contribution in [2.45, 2.75) is 72.1 Å². The molecule has 7 atom stereocenters. The van der Waals surface area contributed by atoms with E-state index in [4.69, 9.17) is 4.84 Å². The monoisotopic (exact) mass is 416 g/mol. The summed E-state index contributed by atoms with van der Waals surface area (Å²) in [6.07, 6.45) is 7.40. The van der Waals surface area contributed by atoms with Crippen molar-refractivity contribution in [2.24, 2.45) is 45.6 Å². The molecule has 0 saturated heterocycles. The van der Waals surface area contributed by atoms with Crippen LogP contribution in [0.25, 0.3) is 0 Å². The molecular formula is C25H40N2O3. The second-order valence-corrected chi connectivity index (χ2v) is 11.2. The molecule has 0 spiro atoms. The molecule has 4 saturated carbocycles. The van der Waals surface area contributed by atoms with Crippen LogP contribution in [0.4, 0.5) is 0 Å². The lowest BCUT2D eigenvalue weighted by Crippen LogP contribution is -2.59. The third-order valence-corrected chi connectivity index (χ3v) is 9.49. The predicted octanol–water partition coefficient (Wildman–Crippen LogP) is 4.35. The van der Waals surface area contributed by atoms with Gasteiger partial charge in [-0.2, -0.15) is 0 Å². The normalized spacial score (nSPS) is 44.7. The number of hydrogen-bond donors (Lipinski definition) is 0. The van der Waals surface area contributed by atoms with E-state index in [-0.39, 0.29) is 22.7 Å². The first-order valence-electron chi connectivity index (χ1n) is 12.1. The van der Waals surface area contributed by atoms with Gasteiger partial charge in [-0.25, -0.2) is 0 Å². The molecule has 168 valence electrons. The fraction of sp³-hybridized carbons (Fsp3) is 0.880. The van der Waals surface area contributed by atoms with E-state index in [0.717, 1.165) is 57.2 Å². The Morgan fingerprint density at radius 2 is 1.87 bits per heavy atom. The maximum Gasteiger partial charge on any atom is 0.139 e. The maximum atomic E-state index is 13.6. The smallest absolute Gasteiger partial charge is 0.139 e. The van der Waals surface area contributed by atoms with Gasteiger partial charge in [0.15, 0.2) is 0 Å². The van der Waals surface area contributed by atoms with Gasteiger partial charge in [0.05, 0.1) is 5.71 Å². The highest BCUT2D eigenvalue weighted by Crippen LogP contribution is 2.65. The molecule has 0 aromatic carbocycles. The van der Waals surface area contributed by atoms with E-state index in [1.165, 1.54) is 0 Å². The van der Waals surface area contributed by atoms with E-state index in [1.807, 2.05) is 14.1 Å². The van der Waals surface area contributed by atoms with Crippen molar-refractivity contribution in [3.8, 4) is 0 Å². The maximum absolute atomic E-state index is 13.6. The SMILES string of the molecule is CC[C@H]1/C(=N/OCCN(C)C)CC[C@@]2(C)C1C(=O)C[C@@H]1[C@@H]2CC[C@]2(C)C(=O)CC[C@@H]12. The van der Waals surface area contributed by atoms with Crippen molar-refractivity contribution in [1.29, 1.82) is 0 Å². The van der Waals surface area contributed by atoms with Crippen LogP contribution in [0.2, 0.25) is 0 Å². The number of hydrogen-bond acceptors (Lipinski definition) is 5. The Labute approximate surface area is 182 Å². The molecule has 5 nitrogen and oxygen atoms in total. The number of rotatable bonds is 5. The fourth-order valence-electron chi connectivity index (χ4n) is 7.86. The summed E-state index contributed by atoms with van der Waals surface area (Å²) in [5.74, 6) is 2.52. The minimum atomic E-state index is -0.170. The number of oxime groups is 1. The third-order valence-electron chi connectivity index (χ3n) is 9.49. The van der Waals surface area contributed by atoms with Crippen molar-refractivity contribution < 1.29 is 14.4 Å². The molecule has 5 heteroatoms. The largest absolute Gasteiger partial charge is 0.394 e. The Morgan fingerprint density at radius 3 is 2.57 bits per heavy atom. The Bertz CT molecular complexity index is 732. The van der Waals surface area contributed by atoms with Gasteiger partial charge in [0.2, 0.25) is 0 Å². The van der Waals surface area contributed by atoms with Gasteiger partial charge in [-0.05, 0) is 75.8 Å². The highest BCUT2D eigenvalue weighted by Gasteiger charge is 2.63. The number of fused-ring (bicyclic) bond motifs is 5. The zero-order valence-corrected chi connectivity index (χ0v) is 19.6. The fourth-order valence-corrected chi connectivity index (χ4v) is 7.86. The van der Waals surface area contributed by atoms with Crippen LogP contribution in [0.15, 0.2) is 5.16 Å². The highest BCUT2D eigenvalue weighted by atomic mass is 16.6. The molecule has 4 aliphatic carbocycles. The van der Waals surface area contributed by atoms with Crippen molar-refractivity contribution >= 4 is 17.3 Å². The summed E-state index contributed by atoms with van der Waals surface area (Å²) in [5, 5.41) is 4.54.